The van der Waals surface area contributed by atoms with Crippen molar-refractivity contribution in [3.63, 3.8) is 0 Å². The van der Waals surface area contributed by atoms with Crippen LogP contribution in [0.15, 0.2) is 47.5 Å². The highest BCUT2D eigenvalue weighted by Gasteiger charge is 2.23. The predicted molar refractivity (Wildman–Crippen MR) is 83.1 cm³/mol. The molecule has 5 heteroatoms. The molecule has 0 amide bonds. The summed E-state index contributed by atoms with van der Waals surface area (Å²) in [6, 6.07) is 9.51. The zero-order valence-electron chi connectivity index (χ0n) is 12.0. The van der Waals surface area contributed by atoms with Crippen LogP contribution < -0.4 is 10.2 Å². The molecule has 0 fully saturated rings. The molecule has 110 valence electrons. The third kappa shape index (κ3) is 2.06. The second-order valence-corrected chi connectivity index (χ2v) is 5.31. The maximum absolute atomic E-state index is 12.5. The Balaban J connectivity index is 1.83. The van der Waals surface area contributed by atoms with Gasteiger partial charge in [0.05, 0.1) is 17.6 Å². The lowest BCUT2D eigenvalue weighted by Gasteiger charge is -2.14. The van der Waals surface area contributed by atoms with Crippen LogP contribution in [0.2, 0.25) is 0 Å². The van der Waals surface area contributed by atoms with E-state index < -0.39 is 0 Å². The number of aromatic nitrogens is 3. The highest BCUT2D eigenvalue weighted by atomic mass is 16.5. The van der Waals surface area contributed by atoms with Gasteiger partial charge in [0, 0.05) is 37.5 Å². The van der Waals surface area contributed by atoms with Gasteiger partial charge in [-0.15, -0.1) is 0 Å². The molecule has 4 rings (SSSR count). The van der Waals surface area contributed by atoms with Crippen LogP contribution in [0.1, 0.15) is 11.3 Å². The fourth-order valence-corrected chi connectivity index (χ4v) is 2.92. The van der Waals surface area contributed by atoms with E-state index in [1.165, 1.54) is 0 Å². The van der Waals surface area contributed by atoms with Crippen molar-refractivity contribution < 1.29 is 4.74 Å². The molecule has 1 aliphatic heterocycles. The molecule has 3 aromatic heterocycles. The molecule has 0 aromatic carbocycles. The van der Waals surface area contributed by atoms with Gasteiger partial charge in [-0.25, -0.2) is 4.98 Å². The number of pyridine rings is 3. The summed E-state index contributed by atoms with van der Waals surface area (Å²) in [6.07, 6.45) is 4.94. The third-order valence-electron chi connectivity index (χ3n) is 3.97. The van der Waals surface area contributed by atoms with Gasteiger partial charge in [-0.05, 0) is 24.3 Å². The smallest absolute Gasteiger partial charge is 0.202 e. The van der Waals surface area contributed by atoms with Crippen molar-refractivity contribution in [1.82, 2.24) is 14.5 Å². The van der Waals surface area contributed by atoms with E-state index in [0.717, 1.165) is 17.7 Å². The number of hydrogen-bond donors (Lipinski definition) is 0. The first kappa shape index (κ1) is 13.0. The fraction of sp³-hybridized carbons (Fsp3) is 0.235. The lowest BCUT2D eigenvalue weighted by molar-refractivity contribution is 0.327. The number of rotatable bonds is 3. The van der Waals surface area contributed by atoms with Gasteiger partial charge in [0.1, 0.15) is 5.65 Å². The van der Waals surface area contributed by atoms with Crippen LogP contribution in [0, 0.1) is 0 Å². The Morgan fingerprint density at radius 1 is 1.14 bits per heavy atom. The second-order valence-electron chi connectivity index (χ2n) is 5.31. The van der Waals surface area contributed by atoms with Crippen molar-refractivity contribution in [2.45, 2.75) is 19.4 Å². The molecule has 3 aromatic rings. The van der Waals surface area contributed by atoms with Gasteiger partial charge in [0.2, 0.25) is 5.88 Å². The lowest BCUT2D eigenvalue weighted by Crippen LogP contribution is -2.16. The summed E-state index contributed by atoms with van der Waals surface area (Å²) in [5.74, 6) is 0.673. The Bertz CT molecular complexity index is 888. The normalized spacial score (nSPS) is 13.1. The minimum Gasteiger partial charge on any atom is -0.478 e. The van der Waals surface area contributed by atoms with E-state index in [-0.39, 0.29) is 5.43 Å². The van der Waals surface area contributed by atoms with Gasteiger partial charge >= 0.3 is 0 Å². The standard InChI is InChI=1S/C17H15N3O2/c21-15-13-5-3-9-19-16(13)20(17-14(15)7-11-22-17)10-6-12-4-1-2-8-18-12/h1-5,8-9H,6-7,10-11H2. The number of fused-ring (bicyclic) bond motifs is 2. The molecule has 5 nitrogen and oxygen atoms in total. The number of hydrogen-bond acceptors (Lipinski definition) is 4. The monoisotopic (exact) mass is 293 g/mol. The van der Waals surface area contributed by atoms with Crippen LogP contribution in [0.3, 0.4) is 0 Å². The Morgan fingerprint density at radius 2 is 2.05 bits per heavy atom. The van der Waals surface area contributed by atoms with Crippen molar-refractivity contribution >= 4 is 11.0 Å². The minimum absolute atomic E-state index is 0.0460. The van der Waals surface area contributed by atoms with Gasteiger partial charge in [0.25, 0.3) is 0 Å². The molecule has 0 saturated carbocycles. The van der Waals surface area contributed by atoms with Gasteiger partial charge in [-0.2, -0.15) is 0 Å². The van der Waals surface area contributed by atoms with Crippen molar-refractivity contribution in [2.24, 2.45) is 0 Å². The predicted octanol–water partition coefficient (Wildman–Crippen LogP) is 1.97. The van der Waals surface area contributed by atoms with Crippen molar-refractivity contribution in [3.8, 4) is 5.88 Å². The number of ether oxygens (including phenoxy) is 1. The van der Waals surface area contributed by atoms with Gasteiger partial charge in [-0.1, -0.05) is 6.07 Å². The second kappa shape index (κ2) is 5.26. The van der Waals surface area contributed by atoms with E-state index in [0.29, 0.717) is 36.5 Å². The summed E-state index contributed by atoms with van der Waals surface area (Å²) in [5, 5.41) is 0.660. The molecule has 0 saturated heterocycles. The molecule has 0 unspecified atom stereocenters. The van der Waals surface area contributed by atoms with Gasteiger partial charge < -0.3 is 4.74 Å². The summed E-state index contributed by atoms with van der Waals surface area (Å²) in [4.78, 5) is 21.2. The quantitative estimate of drug-likeness (QED) is 0.741. The van der Waals surface area contributed by atoms with Crippen LogP contribution in [-0.4, -0.2) is 21.1 Å². The molecular formula is C17H15N3O2. The summed E-state index contributed by atoms with van der Waals surface area (Å²) in [6.45, 7) is 1.25. The molecule has 1 aliphatic rings. The van der Waals surface area contributed by atoms with Crippen LogP contribution in [0.4, 0.5) is 0 Å². The average Bonchev–Trinajstić information content (AvgIpc) is 3.06. The van der Waals surface area contributed by atoms with E-state index in [2.05, 4.69) is 9.97 Å². The molecule has 0 aliphatic carbocycles. The van der Waals surface area contributed by atoms with Crippen molar-refractivity contribution in [2.75, 3.05) is 6.61 Å². The van der Waals surface area contributed by atoms with Crippen LogP contribution in [-0.2, 0) is 19.4 Å². The van der Waals surface area contributed by atoms with Crippen molar-refractivity contribution in [3.05, 3.63) is 64.2 Å². The number of aryl methyl sites for hydroxylation is 2. The minimum atomic E-state index is 0.0460. The first-order chi connectivity index (χ1) is 10.8. The van der Waals surface area contributed by atoms with Crippen LogP contribution in [0.5, 0.6) is 5.88 Å². The van der Waals surface area contributed by atoms with E-state index in [9.17, 15) is 4.79 Å². The molecule has 0 bridgehead atoms. The van der Waals surface area contributed by atoms with E-state index in [4.69, 9.17) is 4.74 Å². The van der Waals surface area contributed by atoms with E-state index in [1.54, 1.807) is 18.5 Å². The van der Waals surface area contributed by atoms with Gasteiger partial charge in [0.15, 0.2) is 5.43 Å². The first-order valence-corrected chi connectivity index (χ1v) is 7.38. The SMILES string of the molecule is O=c1c2c(n(CCc3ccccn3)c3ncccc13)OCC2. The average molecular weight is 293 g/mol. The lowest BCUT2D eigenvalue weighted by atomic mass is 10.1. The highest BCUT2D eigenvalue weighted by Crippen LogP contribution is 2.26. The van der Waals surface area contributed by atoms with E-state index in [1.807, 2.05) is 28.8 Å². The molecule has 0 radical (unpaired) electrons. The highest BCUT2D eigenvalue weighted by molar-refractivity contribution is 5.77. The largest absolute Gasteiger partial charge is 0.478 e. The molecule has 4 heterocycles. The Morgan fingerprint density at radius 3 is 2.91 bits per heavy atom. The summed E-state index contributed by atoms with van der Waals surface area (Å²) >= 11 is 0. The Kier molecular flexibility index (Phi) is 3.11. The summed E-state index contributed by atoms with van der Waals surface area (Å²) in [7, 11) is 0. The molecule has 0 spiro atoms. The fourth-order valence-electron chi connectivity index (χ4n) is 2.92. The van der Waals surface area contributed by atoms with Crippen LogP contribution in [0.25, 0.3) is 11.0 Å². The zero-order chi connectivity index (χ0) is 14.9. The first-order valence-electron chi connectivity index (χ1n) is 7.38. The number of nitrogens with zero attached hydrogens (tertiary/aromatic N) is 3. The molecule has 22 heavy (non-hydrogen) atoms. The topological polar surface area (TPSA) is 57.0 Å². The summed E-state index contributed by atoms with van der Waals surface area (Å²) in [5.41, 5.74) is 2.51. The Labute approximate surface area is 127 Å². The van der Waals surface area contributed by atoms with Gasteiger partial charge in [-0.3, -0.25) is 14.3 Å². The zero-order valence-corrected chi connectivity index (χ0v) is 12.0. The third-order valence-corrected chi connectivity index (χ3v) is 3.97. The van der Waals surface area contributed by atoms with E-state index >= 15 is 0 Å². The Hall–Kier alpha value is -2.69. The maximum Gasteiger partial charge on any atom is 0.202 e. The maximum atomic E-state index is 12.5. The molecule has 0 atom stereocenters. The summed E-state index contributed by atoms with van der Waals surface area (Å²) < 4.78 is 7.72. The van der Waals surface area contributed by atoms with Crippen LogP contribution >= 0.6 is 0 Å². The molecular weight excluding hydrogens is 278 g/mol. The molecule has 0 N–H and O–H groups in total. The van der Waals surface area contributed by atoms with Crippen molar-refractivity contribution in [1.29, 1.82) is 0 Å².